The molecule has 0 radical (unpaired) electrons. The van der Waals surface area contributed by atoms with Gasteiger partial charge in [-0.25, -0.2) is 4.79 Å². The molecule has 1 heterocycles. The van der Waals surface area contributed by atoms with E-state index in [1.807, 2.05) is 27.7 Å². The number of rotatable bonds is 8. The first-order valence-corrected chi connectivity index (χ1v) is 8.79. The number of aliphatic carboxylic acids is 1. The second kappa shape index (κ2) is 8.94. The van der Waals surface area contributed by atoms with Crippen molar-refractivity contribution in [2.75, 3.05) is 0 Å². The molecule has 0 bridgehead atoms. The van der Waals surface area contributed by atoms with Crippen molar-refractivity contribution in [1.82, 2.24) is 5.06 Å². The highest BCUT2D eigenvalue weighted by atomic mass is 16.5. The standard InChI is InChI=1S/C18H31NO7/c1-17(2)10-14(11-18(3,4)19(17)25)26-16(24)8-6-13(21)9-12(20)5-7-15(22)23/h5,7,12-14,20-21,25H,6,8-11H2,1-4H3,(H,22,23). The summed E-state index contributed by atoms with van der Waals surface area (Å²) in [6.07, 6.45) is 0.589. The third-order valence-electron chi connectivity index (χ3n) is 4.56. The largest absolute Gasteiger partial charge is 0.478 e. The van der Waals surface area contributed by atoms with Crippen molar-refractivity contribution < 1.29 is 34.9 Å². The smallest absolute Gasteiger partial charge is 0.328 e. The van der Waals surface area contributed by atoms with Gasteiger partial charge in [0.1, 0.15) is 6.10 Å². The average Bonchev–Trinajstić information content (AvgIpc) is 2.48. The third-order valence-corrected chi connectivity index (χ3v) is 4.56. The molecule has 2 unspecified atom stereocenters. The lowest BCUT2D eigenvalue weighted by Crippen LogP contribution is -2.60. The summed E-state index contributed by atoms with van der Waals surface area (Å²) in [5, 5.41) is 39.5. The molecule has 0 aromatic heterocycles. The number of hydrogen-bond acceptors (Lipinski definition) is 7. The first-order valence-electron chi connectivity index (χ1n) is 8.79. The van der Waals surface area contributed by atoms with Gasteiger partial charge >= 0.3 is 11.9 Å². The van der Waals surface area contributed by atoms with Gasteiger partial charge in [0, 0.05) is 42.8 Å². The van der Waals surface area contributed by atoms with Crippen molar-refractivity contribution in [3.8, 4) is 0 Å². The Morgan fingerprint density at radius 2 is 1.73 bits per heavy atom. The van der Waals surface area contributed by atoms with Crippen molar-refractivity contribution in [1.29, 1.82) is 0 Å². The number of nitrogens with zero attached hydrogens (tertiary/aromatic N) is 1. The summed E-state index contributed by atoms with van der Waals surface area (Å²) in [6, 6.07) is 0. The minimum atomic E-state index is -1.18. The van der Waals surface area contributed by atoms with Gasteiger partial charge in [-0.15, -0.1) is 0 Å². The quantitative estimate of drug-likeness (QED) is 0.372. The zero-order valence-corrected chi connectivity index (χ0v) is 15.9. The molecule has 150 valence electrons. The molecule has 26 heavy (non-hydrogen) atoms. The second-order valence-corrected chi connectivity index (χ2v) is 8.15. The molecule has 0 saturated carbocycles. The molecule has 0 spiro atoms. The van der Waals surface area contributed by atoms with Crippen LogP contribution in [-0.2, 0) is 14.3 Å². The number of carbonyl (C=O) groups is 2. The molecular formula is C18H31NO7. The van der Waals surface area contributed by atoms with E-state index in [2.05, 4.69) is 0 Å². The topological polar surface area (TPSA) is 128 Å². The predicted molar refractivity (Wildman–Crippen MR) is 93.5 cm³/mol. The SMILES string of the molecule is CC1(C)CC(OC(=O)CCC(O)CC(O)C=CC(=O)O)CC(C)(C)N1O. The Bertz CT molecular complexity index is 512. The van der Waals surface area contributed by atoms with Crippen LogP contribution in [-0.4, -0.2) is 66.9 Å². The van der Waals surface area contributed by atoms with Crippen molar-refractivity contribution in [3.63, 3.8) is 0 Å². The number of carboxylic acids is 1. The summed E-state index contributed by atoms with van der Waals surface area (Å²) in [4.78, 5) is 22.4. The van der Waals surface area contributed by atoms with Gasteiger partial charge in [-0.2, -0.15) is 5.06 Å². The van der Waals surface area contributed by atoms with E-state index in [-0.39, 0.29) is 25.4 Å². The molecule has 1 fully saturated rings. The summed E-state index contributed by atoms with van der Waals surface area (Å²) >= 11 is 0. The molecule has 0 aromatic carbocycles. The number of piperidine rings is 1. The number of ether oxygens (including phenoxy) is 1. The van der Waals surface area contributed by atoms with E-state index < -0.39 is 35.2 Å². The molecule has 4 N–H and O–H groups in total. The van der Waals surface area contributed by atoms with Gasteiger partial charge in [0.2, 0.25) is 0 Å². The van der Waals surface area contributed by atoms with Crippen LogP contribution in [0.5, 0.6) is 0 Å². The highest BCUT2D eigenvalue weighted by Gasteiger charge is 2.46. The Morgan fingerprint density at radius 1 is 1.19 bits per heavy atom. The van der Waals surface area contributed by atoms with Gasteiger partial charge in [0.15, 0.2) is 0 Å². The number of carbonyl (C=O) groups excluding carboxylic acids is 1. The minimum Gasteiger partial charge on any atom is -0.478 e. The minimum absolute atomic E-state index is 0.00325. The van der Waals surface area contributed by atoms with Crippen LogP contribution in [0.25, 0.3) is 0 Å². The fraction of sp³-hybridized carbons (Fsp3) is 0.778. The lowest BCUT2D eigenvalue weighted by molar-refractivity contribution is -0.259. The summed E-state index contributed by atoms with van der Waals surface area (Å²) in [5.74, 6) is -1.62. The maximum Gasteiger partial charge on any atom is 0.328 e. The van der Waals surface area contributed by atoms with Crippen molar-refractivity contribution in [2.24, 2.45) is 0 Å². The fourth-order valence-electron chi connectivity index (χ4n) is 3.46. The third kappa shape index (κ3) is 7.03. The Morgan fingerprint density at radius 3 is 2.23 bits per heavy atom. The van der Waals surface area contributed by atoms with Crippen LogP contribution in [0, 0.1) is 0 Å². The molecule has 1 aliphatic heterocycles. The van der Waals surface area contributed by atoms with Crippen LogP contribution < -0.4 is 0 Å². The second-order valence-electron chi connectivity index (χ2n) is 8.15. The summed E-state index contributed by atoms with van der Waals surface area (Å²) in [7, 11) is 0. The van der Waals surface area contributed by atoms with Crippen LogP contribution in [0.2, 0.25) is 0 Å². The number of esters is 1. The highest BCUT2D eigenvalue weighted by Crippen LogP contribution is 2.38. The van der Waals surface area contributed by atoms with E-state index in [4.69, 9.17) is 9.84 Å². The van der Waals surface area contributed by atoms with E-state index in [9.17, 15) is 25.0 Å². The molecule has 0 aliphatic carbocycles. The average molecular weight is 373 g/mol. The lowest BCUT2D eigenvalue weighted by atomic mass is 9.80. The first-order chi connectivity index (χ1) is 11.8. The van der Waals surface area contributed by atoms with Gasteiger partial charge in [-0.05, 0) is 40.2 Å². The Kier molecular flexibility index (Phi) is 7.76. The van der Waals surface area contributed by atoms with Gasteiger partial charge in [-0.3, -0.25) is 4.79 Å². The molecular weight excluding hydrogens is 342 g/mol. The highest BCUT2D eigenvalue weighted by molar-refractivity contribution is 5.79. The number of carboxylic acid groups (broad SMARTS) is 1. The maximum atomic E-state index is 12.1. The Hall–Kier alpha value is -1.48. The molecule has 8 nitrogen and oxygen atoms in total. The number of hydroxylamine groups is 2. The van der Waals surface area contributed by atoms with Gasteiger partial charge in [0.25, 0.3) is 0 Å². The van der Waals surface area contributed by atoms with Gasteiger partial charge < -0.3 is 25.3 Å². The monoisotopic (exact) mass is 373 g/mol. The molecule has 8 heteroatoms. The summed E-state index contributed by atoms with van der Waals surface area (Å²) < 4.78 is 5.50. The van der Waals surface area contributed by atoms with E-state index in [1.165, 1.54) is 5.06 Å². The van der Waals surface area contributed by atoms with Crippen LogP contribution in [0.1, 0.15) is 59.8 Å². The zero-order chi connectivity index (χ0) is 20.1. The lowest BCUT2D eigenvalue weighted by Gasteiger charge is -2.50. The van der Waals surface area contributed by atoms with Crippen molar-refractivity contribution >= 4 is 11.9 Å². The number of aliphatic hydroxyl groups excluding tert-OH is 2. The fourth-order valence-corrected chi connectivity index (χ4v) is 3.46. The molecule has 0 aromatic rings. The molecule has 1 rings (SSSR count). The van der Waals surface area contributed by atoms with Gasteiger partial charge in [-0.1, -0.05) is 0 Å². The molecule has 1 saturated heterocycles. The molecule has 0 amide bonds. The van der Waals surface area contributed by atoms with Gasteiger partial charge in [0.05, 0.1) is 12.2 Å². The maximum absolute atomic E-state index is 12.1. The number of aliphatic hydroxyl groups is 2. The first kappa shape index (κ1) is 22.6. The van der Waals surface area contributed by atoms with E-state index in [0.717, 1.165) is 12.2 Å². The number of hydrogen-bond donors (Lipinski definition) is 4. The molecule has 1 aliphatic rings. The van der Waals surface area contributed by atoms with Crippen LogP contribution in [0.3, 0.4) is 0 Å². The van der Waals surface area contributed by atoms with Crippen molar-refractivity contribution in [2.45, 2.75) is 89.2 Å². The normalized spacial score (nSPS) is 22.9. The van der Waals surface area contributed by atoms with Crippen molar-refractivity contribution in [3.05, 3.63) is 12.2 Å². The van der Waals surface area contributed by atoms with Crippen LogP contribution >= 0.6 is 0 Å². The zero-order valence-electron chi connectivity index (χ0n) is 15.9. The van der Waals surface area contributed by atoms with Crippen LogP contribution in [0.4, 0.5) is 0 Å². The Labute approximate surface area is 154 Å². The molecule has 2 atom stereocenters. The predicted octanol–water partition coefficient (Wildman–Crippen LogP) is 1.47. The summed E-state index contributed by atoms with van der Waals surface area (Å²) in [6.45, 7) is 7.52. The van der Waals surface area contributed by atoms with E-state index >= 15 is 0 Å². The summed E-state index contributed by atoms with van der Waals surface area (Å²) in [5.41, 5.74) is -1.04. The van der Waals surface area contributed by atoms with E-state index in [0.29, 0.717) is 12.8 Å². The Balaban J connectivity index is 2.43. The van der Waals surface area contributed by atoms with Crippen LogP contribution in [0.15, 0.2) is 12.2 Å². The van der Waals surface area contributed by atoms with E-state index in [1.54, 1.807) is 0 Å².